The van der Waals surface area contributed by atoms with Crippen molar-refractivity contribution >= 4 is 0 Å². The first-order valence-electron chi connectivity index (χ1n) is 7.62. The highest BCUT2D eigenvalue weighted by Crippen LogP contribution is 2.28. The van der Waals surface area contributed by atoms with Gasteiger partial charge in [-0.2, -0.15) is 0 Å². The largest absolute Gasteiger partial charge is 0.371 e. The molecule has 0 bridgehead atoms. The van der Waals surface area contributed by atoms with Crippen molar-refractivity contribution in [1.29, 1.82) is 0 Å². The Kier molecular flexibility index (Phi) is 5.65. The first-order chi connectivity index (χ1) is 9.29. The molecule has 1 heteroatoms. The van der Waals surface area contributed by atoms with Gasteiger partial charge in [0, 0.05) is 0 Å². The van der Waals surface area contributed by atoms with E-state index < -0.39 is 0 Å². The zero-order valence-corrected chi connectivity index (χ0v) is 12.2. The second-order valence-electron chi connectivity index (χ2n) is 5.68. The molecule has 1 aliphatic rings. The first kappa shape index (κ1) is 14.3. The van der Waals surface area contributed by atoms with Crippen molar-refractivity contribution in [2.24, 2.45) is 5.92 Å². The number of allylic oxidation sites excluding steroid dienone is 1. The Morgan fingerprint density at radius 3 is 2.74 bits per heavy atom. The van der Waals surface area contributed by atoms with Crippen molar-refractivity contribution in [2.75, 3.05) is 0 Å². The number of ether oxygens (including phenoxy) is 1. The van der Waals surface area contributed by atoms with E-state index in [0.717, 1.165) is 0 Å². The summed E-state index contributed by atoms with van der Waals surface area (Å²) in [5.74, 6) is 0.668. The summed E-state index contributed by atoms with van der Waals surface area (Å²) in [7, 11) is 0. The number of benzene rings is 1. The van der Waals surface area contributed by atoms with E-state index in [9.17, 15) is 0 Å². The van der Waals surface area contributed by atoms with Gasteiger partial charge in [-0.15, -0.1) is 0 Å². The van der Waals surface area contributed by atoms with E-state index in [0.29, 0.717) is 18.1 Å². The lowest BCUT2D eigenvalue weighted by Gasteiger charge is -2.33. The molecule has 0 radical (unpaired) electrons. The first-order valence-corrected chi connectivity index (χ1v) is 7.62. The monoisotopic (exact) mass is 258 g/mol. The van der Waals surface area contributed by atoms with Crippen LogP contribution >= 0.6 is 0 Å². The van der Waals surface area contributed by atoms with Gasteiger partial charge in [0.25, 0.3) is 0 Å². The van der Waals surface area contributed by atoms with Crippen molar-refractivity contribution < 1.29 is 4.74 Å². The number of hydrogen-bond donors (Lipinski definition) is 0. The lowest BCUT2D eigenvalue weighted by molar-refractivity contribution is -0.0575. The lowest BCUT2D eigenvalue weighted by atomic mass is 9.91. The molecule has 2 rings (SSSR count). The van der Waals surface area contributed by atoms with Crippen LogP contribution < -0.4 is 0 Å². The number of aryl methyl sites for hydroxylation is 1. The lowest BCUT2D eigenvalue weighted by Crippen LogP contribution is -2.32. The predicted molar refractivity (Wildman–Crippen MR) is 81.3 cm³/mol. The van der Waals surface area contributed by atoms with Crippen LogP contribution in [0.4, 0.5) is 0 Å². The fourth-order valence-electron chi connectivity index (χ4n) is 2.85. The molecule has 19 heavy (non-hydrogen) atoms. The molecule has 3 atom stereocenters. The molecular formula is C18H26O. The maximum absolute atomic E-state index is 6.19. The summed E-state index contributed by atoms with van der Waals surface area (Å²) in [6, 6.07) is 10.8. The van der Waals surface area contributed by atoms with Gasteiger partial charge in [-0.1, -0.05) is 49.4 Å². The Morgan fingerprint density at radius 2 is 2.00 bits per heavy atom. The number of rotatable bonds is 5. The molecule has 0 saturated carbocycles. The molecule has 1 aliphatic heterocycles. The molecule has 0 aromatic heterocycles. The highest BCUT2D eigenvalue weighted by atomic mass is 16.5. The van der Waals surface area contributed by atoms with Gasteiger partial charge in [0.2, 0.25) is 0 Å². The van der Waals surface area contributed by atoms with E-state index in [-0.39, 0.29) is 0 Å². The standard InChI is InChI=1S/C18H26O/c1-3-8-18-15(2)13-14-17(19-18)12-7-11-16-9-5-4-6-10-16/h3-6,8-10,15,17-18H,7,11-14H2,1-2H3/b8-3+/t15-,17-,18+/m1/s1. The van der Waals surface area contributed by atoms with E-state index in [1.165, 1.54) is 37.7 Å². The van der Waals surface area contributed by atoms with Gasteiger partial charge in [-0.05, 0) is 50.5 Å². The van der Waals surface area contributed by atoms with Crippen LogP contribution in [-0.2, 0) is 11.2 Å². The highest BCUT2D eigenvalue weighted by Gasteiger charge is 2.25. The van der Waals surface area contributed by atoms with Crippen molar-refractivity contribution in [1.82, 2.24) is 0 Å². The Balaban J connectivity index is 1.74. The molecule has 0 aliphatic carbocycles. The minimum absolute atomic E-state index is 0.334. The molecule has 0 N–H and O–H groups in total. The fraction of sp³-hybridized carbons (Fsp3) is 0.556. The normalized spacial score (nSPS) is 27.8. The quantitative estimate of drug-likeness (QED) is 0.691. The van der Waals surface area contributed by atoms with E-state index in [2.05, 4.69) is 56.3 Å². The van der Waals surface area contributed by atoms with Crippen LogP contribution in [0.1, 0.15) is 45.1 Å². The van der Waals surface area contributed by atoms with Crippen LogP contribution in [0.3, 0.4) is 0 Å². The third-order valence-electron chi connectivity index (χ3n) is 4.07. The molecular weight excluding hydrogens is 232 g/mol. The third-order valence-corrected chi connectivity index (χ3v) is 4.07. The van der Waals surface area contributed by atoms with Crippen LogP contribution in [0.5, 0.6) is 0 Å². The molecule has 1 nitrogen and oxygen atoms in total. The van der Waals surface area contributed by atoms with Crippen molar-refractivity contribution in [2.45, 2.75) is 58.2 Å². The van der Waals surface area contributed by atoms with Crippen LogP contribution in [0, 0.1) is 5.92 Å². The van der Waals surface area contributed by atoms with Crippen molar-refractivity contribution in [3.8, 4) is 0 Å². The summed E-state index contributed by atoms with van der Waals surface area (Å²) >= 11 is 0. The van der Waals surface area contributed by atoms with Gasteiger partial charge in [0.1, 0.15) is 0 Å². The van der Waals surface area contributed by atoms with Gasteiger partial charge < -0.3 is 4.74 Å². The van der Waals surface area contributed by atoms with Crippen LogP contribution in [-0.4, -0.2) is 12.2 Å². The van der Waals surface area contributed by atoms with Crippen molar-refractivity contribution in [3.05, 3.63) is 48.0 Å². The van der Waals surface area contributed by atoms with Crippen LogP contribution in [0.15, 0.2) is 42.5 Å². The smallest absolute Gasteiger partial charge is 0.0784 e. The zero-order chi connectivity index (χ0) is 13.5. The van der Waals surface area contributed by atoms with E-state index in [1.54, 1.807) is 0 Å². The minimum Gasteiger partial charge on any atom is -0.371 e. The summed E-state index contributed by atoms with van der Waals surface area (Å²) in [5.41, 5.74) is 1.44. The number of hydrogen-bond acceptors (Lipinski definition) is 1. The molecule has 1 aromatic carbocycles. The fourth-order valence-corrected chi connectivity index (χ4v) is 2.85. The summed E-state index contributed by atoms with van der Waals surface area (Å²) in [6.07, 6.45) is 11.2. The Morgan fingerprint density at radius 1 is 1.21 bits per heavy atom. The van der Waals surface area contributed by atoms with Crippen LogP contribution in [0.2, 0.25) is 0 Å². The minimum atomic E-state index is 0.334. The van der Waals surface area contributed by atoms with Gasteiger partial charge in [-0.25, -0.2) is 0 Å². The van der Waals surface area contributed by atoms with Crippen molar-refractivity contribution in [3.63, 3.8) is 0 Å². The maximum atomic E-state index is 6.19. The average Bonchev–Trinajstić information content (AvgIpc) is 2.44. The van der Waals surface area contributed by atoms with E-state index in [4.69, 9.17) is 4.74 Å². The Hall–Kier alpha value is -1.08. The van der Waals surface area contributed by atoms with E-state index in [1.807, 2.05) is 0 Å². The molecule has 1 saturated heterocycles. The Bertz CT molecular complexity index is 382. The SMILES string of the molecule is C/C=C/[C@@H]1O[C@H](CCCc2ccccc2)CC[C@H]1C. The molecule has 0 amide bonds. The Labute approximate surface area is 117 Å². The molecule has 1 fully saturated rings. The summed E-state index contributed by atoms with van der Waals surface area (Å²) in [4.78, 5) is 0. The molecule has 1 aromatic rings. The summed E-state index contributed by atoms with van der Waals surface area (Å²) in [6.45, 7) is 4.37. The second-order valence-corrected chi connectivity index (χ2v) is 5.68. The topological polar surface area (TPSA) is 9.23 Å². The predicted octanol–water partition coefficient (Wildman–Crippen LogP) is 4.77. The van der Waals surface area contributed by atoms with E-state index >= 15 is 0 Å². The summed E-state index contributed by atoms with van der Waals surface area (Å²) in [5, 5.41) is 0. The molecule has 104 valence electrons. The zero-order valence-electron chi connectivity index (χ0n) is 12.2. The van der Waals surface area contributed by atoms with Gasteiger partial charge >= 0.3 is 0 Å². The van der Waals surface area contributed by atoms with Gasteiger partial charge in [-0.3, -0.25) is 0 Å². The van der Waals surface area contributed by atoms with Gasteiger partial charge in [0.05, 0.1) is 12.2 Å². The second kappa shape index (κ2) is 7.49. The highest BCUT2D eigenvalue weighted by molar-refractivity contribution is 5.14. The molecule has 1 heterocycles. The third kappa shape index (κ3) is 4.50. The maximum Gasteiger partial charge on any atom is 0.0784 e. The summed E-state index contributed by atoms with van der Waals surface area (Å²) < 4.78 is 6.19. The van der Waals surface area contributed by atoms with Crippen LogP contribution in [0.25, 0.3) is 0 Å². The molecule has 0 spiro atoms. The average molecular weight is 258 g/mol. The van der Waals surface area contributed by atoms with Gasteiger partial charge in [0.15, 0.2) is 0 Å². The molecule has 0 unspecified atom stereocenters.